The van der Waals surface area contributed by atoms with E-state index >= 15 is 0 Å². The predicted molar refractivity (Wildman–Crippen MR) is 62.1 cm³/mol. The summed E-state index contributed by atoms with van der Waals surface area (Å²) < 4.78 is 4.95. The van der Waals surface area contributed by atoms with Crippen LogP contribution in [-0.2, 0) is 9.53 Å². The second kappa shape index (κ2) is 6.60. The van der Waals surface area contributed by atoms with Gasteiger partial charge in [-0.05, 0) is 13.3 Å². The van der Waals surface area contributed by atoms with Crippen molar-refractivity contribution in [2.45, 2.75) is 32.8 Å². The third kappa shape index (κ3) is 3.28. The number of carbonyl (C=O) groups is 1. The number of aromatic nitrogens is 1. The van der Waals surface area contributed by atoms with E-state index in [9.17, 15) is 9.90 Å². The zero-order valence-electron chi connectivity index (χ0n) is 9.55. The van der Waals surface area contributed by atoms with Crippen LogP contribution in [0, 0.1) is 5.92 Å². The minimum Gasteiger partial charge on any atom is -0.466 e. The van der Waals surface area contributed by atoms with Crippen LogP contribution in [0.1, 0.15) is 37.8 Å². The average Bonchev–Trinajstić information content (AvgIpc) is 2.78. The fourth-order valence-corrected chi connectivity index (χ4v) is 2.20. The summed E-state index contributed by atoms with van der Waals surface area (Å²) in [5.41, 5.74) is 0. The Morgan fingerprint density at radius 2 is 2.38 bits per heavy atom. The number of carbonyl (C=O) groups excluding carboxylic acids is 1. The lowest BCUT2D eigenvalue weighted by atomic mass is 9.97. The second-order valence-electron chi connectivity index (χ2n) is 3.46. The van der Waals surface area contributed by atoms with Crippen molar-refractivity contribution in [3.8, 4) is 0 Å². The van der Waals surface area contributed by atoms with Crippen LogP contribution in [0.5, 0.6) is 0 Å². The van der Waals surface area contributed by atoms with Crippen LogP contribution in [0.3, 0.4) is 0 Å². The van der Waals surface area contributed by atoms with Crippen molar-refractivity contribution >= 4 is 17.3 Å². The molecule has 0 bridgehead atoms. The second-order valence-corrected chi connectivity index (χ2v) is 4.39. The van der Waals surface area contributed by atoms with E-state index in [0.717, 1.165) is 6.42 Å². The largest absolute Gasteiger partial charge is 0.466 e. The summed E-state index contributed by atoms with van der Waals surface area (Å²) >= 11 is 1.35. The monoisotopic (exact) mass is 243 g/mol. The highest BCUT2D eigenvalue weighted by Gasteiger charge is 2.29. The van der Waals surface area contributed by atoms with E-state index in [2.05, 4.69) is 4.98 Å². The summed E-state index contributed by atoms with van der Waals surface area (Å²) in [4.78, 5) is 15.7. The van der Waals surface area contributed by atoms with Gasteiger partial charge in [0.25, 0.3) is 0 Å². The van der Waals surface area contributed by atoms with Crippen LogP contribution in [0.25, 0.3) is 0 Å². The Labute approximate surface area is 99.3 Å². The van der Waals surface area contributed by atoms with Gasteiger partial charge in [0.05, 0.1) is 12.5 Å². The SMILES string of the molecule is CCCC(C(=O)OCC)C(O)c1nccs1. The lowest BCUT2D eigenvalue weighted by Gasteiger charge is -2.18. The van der Waals surface area contributed by atoms with Crippen molar-refractivity contribution in [1.29, 1.82) is 0 Å². The number of thiazole rings is 1. The van der Waals surface area contributed by atoms with Crippen LogP contribution in [-0.4, -0.2) is 22.7 Å². The third-order valence-electron chi connectivity index (χ3n) is 2.27. The van der Waals surface area contributed by atoms with Gasteiger partial charge in [-0.3, -0.25) is 4.79 Å². The number of aliphatic hydroxyl groups excluding tert-OH is 1. The summed E-state index contributed by atoms with van der Waals surface area (Å²) in [7, 11) is 0. The zero-order chi connectivity index (χ0) is 12.0. The van der Waals surface area contributed by atoms with Gasteiger partial charge in [0.15, 0.2) is 0 Å². The molecule has 0 radical (unpaired) electrons. The Morgan fingerprint density at radius 1 is 1.62 bits per heavy atom. The van der Waals surface area contributed by atoms with Crippen LogP contribution >= 0.6 is 11.3 Å². The van der Waals surface area contributed by atoms with Crippen molar-refractivity contribution in [2.75, 3.05) is 6.61 Å². The van der Waals surface area contributed by atoms with Gasteiger partial charge < -0.3 is 9.84 Å². The molecule has 90 valence electrons. The molecular formula is C11H17NO3S. The maximum Gasteiger partial charge on any atom is 0.312 e. The Hall–Kier alpha value is -0.940. The lowest BCUT2D eigenvalue weighted by molar-refractivity contribution is -0.152. The molecule has 0 amide bonds. The minimum atomic E-state index is -0.848. The Kier molecular flexibility index (Phi) is 5.42. The van der Waals surface area contributed by atoms with Crippen molar-refractivity contribution in [3.05, 3.63) is 16.6 Å². The molecule has 4 nitrogen and oxygen atoms in total. The van der Waals surface area contributed by atoms with E-state index in [-0.39, 0.29) is 5.97 Å². The van der Waals surface area contributed by atoms with Gasteiger partial charge in [-0.15, -0.1) is 11.3 Å². The standard InChI is InChI=1S/C11H17NO3S/c1-3-5-8(11(14)15-4-2)9(13)10-12-6-7-16-10/h6-9,13H,3-5H2,1-2H3. The molecule has 1 aromatic rings. The molecule has 1 heterocycles. The third-order valence-corrected chi connectivity index (χ3v) is 3.12. The summed E-state index contributed by atoms with van der Waals surface area (Å²) in [5, 5.41) is 12.4. The van der Waals surface area contributed by atoms with Crippen molar-refractivity contribution in [3.63, 3.8) is 0 Å². The smallest absolute Gasteiger partial charge is 0.312 e. The number of hydrogen-bond acceptors (Lipinski definition) is 5. The molecule has 0 aliphatic rings. The molecule has 1 aromatic heterocycles. The van der Waals surface area contributed by atoms with Gasteiger partial charge in [0, 0.05) is 11.6 Å². The normalized spacial score (nSPS) is 14.4. The summed E-state index contributed by atoms with van der Waals surface area (Å²) in [5.74, 6) is -0.844. The number of hydrogen-bond donors (Lipinski definition) is 1. The Morgan fingerprint density at radius 3 is 2.88 bits per heavy atom. The highest BCUT2D eigenvalue weighted by Crippen LogP contribution is 2.28. The molecule has 0 spiro atoms. The van der Waals surface area contributed by atoms with E-state index < -0.39 is 12.0 Å². The number of ether oxygens (including phenoxy) is 1. The molecule has 0 aliphatic carbocycles. The van der Waals surface area contributed by atoms with E-state index in [1.54, 1.807) is 18.5 Å². The molecule has 1 rings (SSSR count). The Bertz CT molecular complexity index is 313. The topological polar surface area (TPSA) is 59.4 Å². The van der Waals surface area contributed by atoms with Gasteiger partial charge in [-0.25, -0.2) is 4.98 Å². The molecule has 16 heavy (non-hydrogen) atoms. The Balaban J connectivity index is 2.72. The summed E-state index contributed by atoms with van der Waals surface area (Å²) in [6.07, 6.45) is 2.21. The highest BCUT2D eigenvalue weighted by molar-refractivity contribution is 7.09. The van der Waals surface area contributed by atoms with E-state index in [1.165, 1.54) is 11.3 Å². The number of esters is 1. The molecule has 0 aromatic carbocycles. The molecule has 5 heteroatoms. The number of rotatable bonds is 6. The van der Waals surface area contributed by atoms with Crippen LogP contribution < -0.4 is 0 Å². The molecule has 2 unspecified atom stereocenters. The first kappa shape index (κ1) is 13.1. The van der Waals surface area contributed by atoms with E-state index in [0.29, 0.717) is 18.0 Å². The molecule has 0 fully saturated rings. The van der Waals surface area contributed by atoms with Gasteiger partial charge in [0.2, 0.25) is 0 Å². The molecule has 2 atom stereocenters. The maximum absolute atomic E-state index is 11.7. The first-order chi connectivity index (χ1) is 7.70. The maximum atomic E-state index is 11.7. The van der Waals surface area contributed by atoms with Crippen LogP contribution in [0.2, 0.25) is 0 Å². The highest BCUT2D eigenvalue weighted by atomic mass is 32.1. The first-order valence-corrected chi connectivity index (χ1v) is 6.32. The number of nitrogens with zero attached hydrogens (tertiary/aromatic N) is 1. The van der Waals surface area contributed by atoms with Crippen molar-refractivity contribution in [2.24, 2.45) is 5.92 Å². The zero-order valence-corrected chi connectivity index (χ0v) is 10.4. The quantitative estimate of drug-likeness (QED) is 0.778. The van der Waals surface area contributed by atoms with E-state index in [1.807, 2.05) is 6.92 Å². The predicted octanol–water partition coefficient (Wildman–Crippen LogP) is 2.16. The summed E-state index contributed by atoms with van der Waals surface area (Å²) in [6.45, 7) is 4.07. The van der Waals surface area contributed by atoms with Crippen molar-refractivity contribution in [1.82, 2.24) is 4.98 Å². The molecule has 0 saturated carbocycles. The molecule has 0 aliphatic heterocycles. The first-order valence-electron chi connectivity index (χ1n) is 5.44. The van der Waals surface area contributed by atoms with Gasteiger partial charge >= 0.3 is 5.97 Å². The van der Waals surface area contributed by atoms with Crippen molar-refractivity contribution < 1.29 is 14.6 Å². The summed E-state index contributed by atoms with van der Waals surface area (Å²) in [6, 6.07) is 0. The van der Waals surface area contributed by atoms with Gasteiger partial charge in [-0.1, -0.05) is 13.3 Å². The fraction of sp³-hybridized carbons (Fsp3) is 0.636. The molecule has 0 saturated heterocycles. The lowest BCUT2D eigenvalue weighted by Crippen LogP contribution is -2.24. The fourth-order valence-electron chi connectivity index (χ4n) is 1.52. The average molecular weight is 243 g/mol. The van der Waals surface area contributed by atoms with Crippen LogP contribution in [0.15, 0.2) is 11.6 Å². The van der Waals surface area contributed by atoms with Gasteiger partial charge in [-0.2, -0.15) is 0 Å². The number of aliphatic hydroxyl groups is 1. The molecular weight excluding hydrogens is 226 g/mol. The molecule has 1 N–H and O–H groups in total. The van der Waals surface area contributed by atoms with Gasteiger partial charge in [0.1, 0.15) is 11.1 Å². The minimum absolute atomic E-state index is 0.337. The van der Waals surface area contributed by atoms with E-state index in [4.69, 9.17) is 4.74 Å². The van der Waals surface area contributed by atoms with Crippen LogP contribution in [0.4, 0.5) is 0 Å².